The molecular formula is C23H24N4O3S. The van der Waals surface area contributed by atoms with Crippen molar-refractivity contribution in [2.75, 3.05) is 20.7 Å². The molecule has 0 spiro atoms. The molecule has 3 heterocycles. The van der Waals surface area contributed by atoms with Gasteiger partial charge in [-0.3, -0.25) is 9.59 Å². The SMILES string of the molecule is COc1ccc(C(=O)N(C)CC(=O)N2N=C(c3cccs3)C[C@@H]2c2cccn2C)cc1. The van der Waals surface area contributed by atoms with Gasteiger partial charge in [-0.2, -0.15) is 5.10 Å². The fourth-order valence-electron chi connectivity index (χ4n) is 3.68. The molecule has 7 nitrogen and oxygen atoms in total. The number of likely N-dealkylation sites (N-methyl/N-ethyl adjacent to an activating group) is 1. The molecule has 0 N–H and O–H groups in total. The van der Waals surface area contributed by atoms with Crippen molar-refractivity contribution in [3.63, 3.8) is 0 Å². The molecule has 0 saturated heterocycles. The Kier molecular flexibility index (Phi) is 5.90. The van der Waals surface area contributed by atoms with Crippen molar-refractivity contribution in [1.29, 1.82) is 0 Å². The highest BCUT2D eigenvalue weighted by atomic mass is 32.1. The summed E-state index contributed by atoms with van der Waals surface area (Å²) < 4.78 is 7.14. The first-order valence-corrected chi connectivity index (χ1v) is 10.8. The Bertz CT molecular complexity index is 1100. The summed E-state index contributed by atoms with van der Waals surface area (Å²) in [6.07, 6.45) is 2.60. The molecule has 1 aromatic carbocycles. The zero-order valence-electron chi connectivity index (χ0n) is 17.7. The third kappa shape index (κ3) is 4.25. The molecule has 2 amide bonds. The molecule has 1 aliphatic rings. The van der Waals surface area contributed by atoms with Crippen molar-refractivity contribution in [2.45, 2.75) is 12.5 Å². The predicted octanol–water partition coefficient (Wildman–Crippen LogP) is 3.55. The summed E-state index contributed by atoms with van der Waals surface area (Å²) in [5.41, 5.74) is 2.39. The van der Waals surface area contributed by atoms with Crippen LogP contribution in [0.2, 0.25) is 0 Å². The molecule has 3 aromatic rings. The minimum Gasteiger partial charge on any atom is -0.497 e. The van der Waals surface area contributed by atoms with Crippen LogP contribution in [-0.4, -0.2) is 52.7 Å². The maximum Gasteiger partial charge on any atom is 0.262 e. The number of methoxy groups -OCH3 is 1. The van der Waals surface area contributed by atoms with Gasteiger partial charge in [0.25, 0.3) is 11.8 Å². The van der Waals surface area contributed by atoms with E-state index in [-0.39, 0.29) is 24.4 Å². The summed E-state index contributed by atoms with van der Waals surface area (Å²) in [7, 11) is 5.16. The van der Waals surface area contributed by atoms with E-state index >= 15 is 0 Å². The Hall–Kier alpha value is -3.39. The second-order valence-electron chi connectivity index (χ2n) is 7.42. The van der Waals surface area contributed by atoms with Gasteiger partial charge in [-0.15, -0.1) is 11.3 Å². The smallest absolute Gasteiger partial charge is 0.262 e. The van der Waals surface area contributed by atoms with E-state index in [2.05, 4.69) is 5.10 Å². The summed E-state index contributed by atoms with van der Waals surface area (Å²) in [6.45, 7) is -0.0625. The number of amides is 2. The Morgan fingerprint density at radius 3 is 2.58 bits per heavy atom. The van der Waals surface area contributed by atoms with Crippen molar-refractivity contribution in [1.82, 2.24) is 14.5 Å². The molecule has 1 aliphatic heterocycles. The minimum absolute atomic E-state index is 0.0625. The van der Waals surface area contributed by atoms with Gasteiger partial charge in [0.2, 0.25) is 0 Å². The van der Waals surface area contributed by atoms with Crippen LogP contribution in [0.3, 0.4) is 0 Å². The summed E-state index contributed by atoms with van der Waals surface area (Å²) in [5.74, 6) is 0.225. The van der Waals surface area contributed by atoms with E-state index in [0.29, 0.717) is 17.7 Å². The number of rotatable bonds is 6. The van der Waals surface area contributed by atoms with E-state index in [0.717, 1.165) is 16.3 Å². The van der Waals surface area contributed by atoms with Gasteiger partial charge in [-0.25, -0.2) is 5.01 Å². The number of thiophene rings is 1. The molecule has 0 fully saturated rings. The van der Waals surface area contributed by atoms with E-state index in [4.69, 9.17) is 4.74 Å². The van der Waals surface area contributed by atoms with Crippen LogP contribution in [0.5, 0.6) is 5.75 Å². The fraction of sp³-hybridized carbons (Fsp3) is 0.261. The first-order chi connectivity index (χ1) is 15.0. The van der Waals surface area contributed by atoms with Crippen LogP contribution in [-0.2, 0) is 11.8 Å². The van der Waals surface area contributed by atoms with Crippen LogP contribution >= 0.6 is 11.3 Å². The number of benzene rings is 1. The van der Waals surface area contributed by atoms with Gasteiger partial charge in [0.1, 0.15) is 18.3 Å². The monoisotopic (exact) mass is 436 g/mol. The number of ether oxygens (including phenoxy) is 1. The average molecular weight is 437 g/mol. The molecule has 0 unspecified atom stereocenters. The maximum absolute atomic E-state index is 13.2. The third-order valence-corrected chi connectivity index (χ3v) is 6.27. The number of carbonyl (C=O) groups is 2. The average Bonchev–Trinajstić information content (AvgIpc) is 3.53. The molecular weight excluding hydrogens is 412 g/mol. The first kappa shape index (κ1) is 20.9. The van der Waals surface area contributed by atoms with E-state index in [9.17, 15) is 9.59 Å². The van der Waals surface area contributed by atoms with Crippen molar-refractivity contribution >= 4 is 28.9 Å². The third-order valence-electron chi connectivity index (χ3n) is 5.35. The lowest BCUT2D eigenvalue weighted by Crippen LogP contribution is -2.39. The molecule has 0 radical (unpaired) electrons. The van der Waals surface area contributed by atoms with Crippen molar-refractivity contribution in [3.8, 4) is 5.75 Å². The van der Waals surface area contributed by atoms with E-state index in [1.165, 1.54) is 9.91 Å². The highest BCUT2D eigenvalue weighted by molar-refractivity contribution is 7.12. The van der Waals surface area contributed by atoms with E-state index < -0.39 is 0 Å². The molecule has 0 bridgehead atoms. The van der Waals surface area contributed by atoms with Gasteiger partial charge in [0.05, 0.1) is 17.7 Å². The Labute approximate surface area is 185 Å². The number of hydrazone groups is 1. The van der Waals surface area contributed by atoms with Crippen LogP contribution in [0.15, 0.2) is 65.2 Å². The molecule has 1 atom stereocenters. The van der Waals surface area contributed by atoms with Gasteiger partial charge in [-0.1, -0.05) is 6.07 Å². The number of carbonyl (C=O) groups excluding carboxylic acids is 2. The van der Waals surface area contributed by atoms with Gasteiger partial charge < -0.3 is 14.2 Å². The largest absolute Gasteiger partial charge is 0.497 e. The van der Waals surface area contributed by atoms with E-state index in [1.54, 1.807) is 49.8 Å². The summed E-state index contributed by atoms with van der Waals surface area (Å²) >= 11 is 1.61. The lowest BCUT2D eigenvalue weighted by atomic mass is 10.1. The van der Waals surface area contributed by atoms with Crippen molar-refractivity contribution in [2.24, 2.45) is 12.1 Å². The number of hydrogen-bond donors (Lipinski definition) is 0. The van der Waals surface area contributed by atoms with Crippen LogP contribution in [0, 0.1) is 0 Å². The number of hydrogen-bond acceptors (Lipinski definition) is 5. The molecule has 8 heteroatoms. The van der Waals surface area contributed by atoms with Gasteiger partial charge in [0.15, 0.2) is 0 Å². The van der Waals surface area contributed by atoms with Gasteiger partial charge >= 0.3 is 0 Å². The number of nitrogens with zero attached hydrogens (tertiary/aromatic N) is 4. The standard InChI is InChI=1S/C23H24N4O3S/c1-25-12-4-6-19(25)20-14-18(21-7-5-13-31-21)24-27(20)22(28)15-26(2)23(29)16-8-10-17(30-3)11-9-16/h4-13,20H,14-15H2,1-3H3/t20-/m1/s1. The van der Waals surface area contributed by atoms with Crippen LogP contribution in [0.1, 0.15) is 33.4 Å². The number of aromatic nitrogens is 1. The number of aryl methyl sites for hydroxylation is 1. The second kappa shape index (κ2) is 8.77. The lowest BCUT2D eigenvalue weighted by Gasteiger charge is -2.25. The molecule has 2 aromatic heterocycles. The molecule has 0 saturated carbocycles. The maximum atomic E-state index is 13.2. The zero-order chi connectivity index (χ0) is 22.0. The van der Waals surface area contributed by atoms with Crippen LogP contribution in [0.4, 0.5) is 0 Å². The normalized spacial score (nSPS) is 15.6. The van der Waals surface area contributed by atoms with Gasteiger partial charge in [-0.05, 0) is 47.8 Å². The predicted molar refractivity (Wildman–Crippen MR) is 120 cm³/mol. The first-order valence-electron chi connectivity index (χ1n) is 9.92. The Balaban J connectivity index is 1.53. The zero-order valence-corrected chi connectivity index (χ0v) is 18.5. The summed E-state index contributed by atoms with van der Waals surface area (Å²) in [4.78, 5) is 28.5. The lowest BCUT2D eigenvalue weighted by molar-refractivity contribution is -0.133. The highest BCUT2D eigenvalue weighted by Crippen LogP contribution is 2.34. The molecule has 0 aliphatic carbocycles. The molecule has 4 rings (SSSR count). The highest BCUT2D eigenvalue weighted by Gasteiger charge is 2.35. The Morgan fingerprint density at radius 1 is 1.19 bits per heavy atom. The van der Waals surface area contributed by atoms with Crippen LogP contribution < -0.4 is 4.74 Å². The van der Waals surface area contributed by atoms with Gasteiger partial charge in [0, 0.05) is 38.0 Å². The van der Waals surface area contributed by atoms with E-state index in [1.807, 2.05) is 47.5 Å². The second-order valence-corrected chi connectivity index (χ2v) is 8.36. The fourth-order valence-corrected chi connectivity index (χ4v) is 4.40. The minimum atomic E-state index is -0.229. The topological polar surface area (TPSA) is 67.1 Å². The summed E-state index contributed by atoms with van der Waals surface area (Å²) in [5, 5.41) is 8.19. The Morgan fingerprint density at radius 2 is 1.97 bits per heavy atom. The quantitative estimate of drug-likeness (QED) is 0.594. The molecule has 31 heavy (non-hydrogen) atoms. The van der Waals surface area contributed by atoms with Crippen molar-refractivity contribution in [3.05, 3.63) is 76.2 Å². The van der Waals surface area contributed by atoms with Crippen molar-refractivity contribution < 1.29 is 14.3 Å². The van der Waals surface area contributed by atoms with Crippen LogP contribution in [0.25, 0.3) is 0 Å². The summed E-state index contributed by atoms with van der Waals surface area (Å²) in [6, 6.07) is 14.6. The molecule has 160 valence electrons.